The number of hydrogen-bond acceptors (Lipinski definition) is 4. The predicted molar refractivity (Wildman–Crippen MR) is 65.2 cm³/mol. The summed E-state index contributed by atoms with van der Waals surface area (Å²) < 4.78 is 7.22. The molecule has 0 fully saturated rings. The van der Waals surface area contributed by atoms with Gasteiger partial charge in [-0.1, -0.05) is 0 Å². The molecule has 1 atom stereocenters. The third kappa shape index (κ3) is 2.25. The van der Waals surface area contributed by atoms with Gasteiger partial charge in [-0.25, -0.2) is 0 Å². The maximum absolute atomic E-state index is 5.64. The van der Waals surface area contributed by atoms with Crippen molar-refractivity contribution in [3.8, 4) is 0 Å². The predicted octanol–water partition coefficient (Wildman–Crippen LogP) is 1.38. The van der Waals surface area contributed by atoms with Crippen molar-refractivity contribution in [1.82, 2.24) is 15.2 Å². The van der Waals surface area contributed by atoms with Crippen LogP contribution in [0.4, 0.5) is 0 Å². The highest BCUT2D eigenvalue weighted by molar-refractivity contribution is 5.29. The smallest absolute Gasteiger partial charge is 0.105 e. The number of nitrogens with one attached hydrogen (secondary N) is 1. The lowest BCUT2D eigenvalue weighted by Gasteiger charge is -2.15. The molecule has 0 saturated carbocycles. The Morgan fingerprint density at radius 3 is 2.76 bits per heavy atom. The number of furan rings is 1. The van der Waals surface area contributed by atoms with E-state index >= 15 is 0 Å². The van der Waals surface area contributed by atoms with E-state index in [0.717, 1.165) is 29.1 Å². The summed E-state index contributed by atoms with van der Waals surface area (Å²) in [5.41, 5.74) is 6.10. The van der Waals surface area contributed by atoms with Crippen LogP contribution < -0.4 is 11.3 Å². The van der Waals surface area contributed by atoms with Crippen LogP contribution in [0.1, 0.15) is 28.8 Å². The molecule has 0 amide bonds. The van der Waals surface area contributed by atoms with Crippen molar-refractivity contribution in [2.24, 2.45) is 12.9 Å². The van der Waals surface area contributed by atoms with Crippen LogP contribution in [-0.2, 0) is 13.5 Å². The standard InChI is InChI=1S/C12H18N4O/c1-8-12(9(2)16(3)15-8)11(14-13)7-10-5-4-6-17-10/h4-6,11,14H,7,13H2,1-3H3. The second kappa shape index (κ2) is 4.73. The van der Waals surface area contributed by atoms with Crippen molar-refractivity contribution in [1.29, 1.82) is 0 Å². The Bertz CT molecular complexity index is 487. The summed E-state index contributed by atoms with van der Waals surface area (Å²) in [5, 5.41) is 4.40. The molecule has 0 bridgehead atoms. The summed E-state index contributed by atoms with van der Waals surface area (Å²) in [4.78, 5) is 0. The van der Waals surface area contributed by atoms with E-state index in [1.807, 2.05) is 37.7 Å². The van der Waals surface area contributed by atoms with E-state index < -0.39 is 0 Å². The van der Waals surface area contributed by atoms with Gasteiger partial charge in [0.15, 0.2) is 0 Å². The number of nitrogens with zero attached hydrogens (tertiary/aromatic N) is 2. The Kier molecular flexibility index (Phi) is 3.31. The monoisotopic (exact) mass is 234 g/mol. The zero-order valence-corrected chi connectivity index (χ0v) is 10.4. The topological polar surface area (TPSA) is 69.0 Å². The van der Waals surface area contributed by atoms with Gasteiger partial charge in [0.25, 0.3) is 0 Å². The Balaban J connectivity index is 2.29. The molecule has 5 heteroatoms. The lowest BCUT2D eigenvalue weighted by atomic mass is 10.0. The van der Waals surface area contributed by atoms with Gasteiger partial charge in [-0.2, -0.15) is 5.10 Å². The largest absolute Gasteiger partial charge is 0.469 e. The van der Waals surface area contributed by atoms with Crippen LogP contribution in [-0.4, -0.2) is 9.78 Å². The lowest BCUT2D eigenvalue weighted by Crippen LogP contribution is -2.30. The van der Waals surface area contributed by atoms with E-state index in [0.29, 0.717) is 0 Å². The van der Waals surface area contributed by atoms with Crippen LogP contribution in [0.15, 0.2) is 22.8 Å². The molecule has 3 N–H and O–H groups in total. The van der Waals surface area contributed by atoms with Gasteiger partial charge in [0, 0.05) is 24.7 Å². The van der Waals surface area contributed by atoms with Crippen molar-refractivity contribution in [2.45, 2.75) is 26.3 Å². The van der Waals surface area contributed by atoms with Crippen LogP contribution >= 0.6 is 0 Å². The lowest BCUT2D eigenvalue weighted by molar-refractivity contribution is 0.453. The van der Waals surface area contributed by atoms with Gasteiger partial charge < -0.3 is 4.42 Å². The highest BCUT2D eigenvalue weighted by atomic mass is 16.3. The first-order valence-electron chi connectivity index (χ1n) is 5.62. The van der Waals surface area contributed by atoms with Crippen molar-refractivity contribution < 1.29 is 4.42 Å². The van der Waals surface area contributed by atoms with E-state index in [9.17, 15) is 0 Å². The summed E-state index contributed by atoms with van der Waals surface area (Å²) in [5.74, 6) is 6.55. The van der Waals surface area contributed by atoms with Crippen LogP contribution in [0.3, 0.4) is 0 Å². The molecule has 2 aromatic rings. The molecule has 1 unspecified atom stereocenters. The third-order valence-electron chi connectivity index (χ3n) is 3.10. The number of hydrogen-bond donors (Lipinski definition) is 2. The molecule has 0 saturated heterocycles. The number of rotatable bonds is 4. The normalized spacial score (nSPS) is 12.9. The average molecular weight is 234 g/mol. The van der Waals surface area contributed by atoms with E-state index in [2.05, 4.69) is 10.5 Å². The summed E-state index contributed by atoms with van der Waals surface area (Å²) >= 11 is 0. The molecule has 0 aliphatic heterocycles. The average Bonchev–Trinajstić information content (AvgIpc) is 2.87. The molecule has 17 heavy (non-hydrogen) atoms. The van der Waals surface area contributed by atoms with Crippen molar-refractivity contribution in [3.63, 3.8) is 0 Å². The van der Waals surface area contributed by atoms with Gasteiger partial charge in [-0.15, -0.1) is 0 Å². The quantitative estimate of drug-likeness (QED) is 0.619. The number of hydrazine groups is 1. The molecule has 0 aliphatic rings. The van der Waals surface area contributed by atoms with Crippen LogP contribution in [0.5, 0.6) is 0 Å². The summed E-state index contributed by atoms with van der Waals surface area (Å²) in [7, 11) is 1.94. The maximum atomic E-state index is 5.64. The molecule has 0 aromatic carbocycles. The maximum Gasteiger partial charge on any atom is 0.105 e. The summed E-state index contributed by atoms with van der Waals surface area (Å²) in [6, 6.07) is 3.85. The molecule has 0 radical (unpaired) electrons. The first-order valence-corrected chi connectivity index (χ1v) is 5.62. The van der Waals surface area contributed by atoms with Crippen LogP contribution in [0, 0.1) is 13.8 Å². The molecule has 5 nitrogen and oxygen atoms in total. The zero-order valence-electron chi connectivity index (χ0n) is 10.4. The van der Waals surface area contributed by atoms with Crippen LogP contribution in [0.2, 0.25) is 0 Å². The Morgan fingerprint density at radius 2 is 2.29 bits per heavy atom. The second-order valence-electron chi connectivity index (χ2n) is 4.21. The van der Waals surface area contributed by atoms with E-state index in [1.54, 1.807) is 6.26 Å². The number of nitrogens with two attached hydrogens (primary N) is 1. The van der Waals surface area contributed by atoms with Crippen LogP contribution in [0.25, 0.3) is 0 Å². The van der Waals surface area contributed by atoms with Gasteiger partial charge in [0.2, 0.25) is 0 Å². The first kappa shape index (κ1) is 11.9. The minimum absolute atomic E-state index is 0.0230. The second-order valence-corrected chi connectivity index (χ2v) is 4.21. The molecular weight excluding hydrogens is 216 g/mol. The van der Waals surface area contributed by atoms with E-state index in [1.165, 1.54) is 0 Å². The first-order chi connectivity index (χ1) is 8.13. The summed E-state index contributed by atoms with van der Waals surface area (Å²) in [6.45, 7) is 4.04. The molecular formula is C12H18N4O. The van der Waals surface area contributed by atoms with Gasteiger partial charge >= 0.3 is 0 Å². The number of aryl methyl sites for hydroxylation is 2. The van der Waals surface area contributed by atoms with Gasteiger partial charge in [0.05, 0.1) is 18.0 Å². The highest BCUT2D eigenvalue weighted by Crippen LogP contribution is 2.24. The zero-order chi connectivity index (χ0) is 12.4. The molecule has 2 heterocycles. The van der Waals surface area contributed by atoms with Gasteiger partial charge in [0.1, 0.15) is 5.76 Å². The van der Waals surface area contributed by atoms with E-state index in [4.69, 9.17) is 10.3 Å². The minimum atomic E-state index is 0.0230. The highest BCUT2D eigenvalue weighted by Gasteiger charge is 2.20. The summed E-state index contributed by atoms with van der Waals surface area (Å²) in [6.07, 6.45) is 2.39. The van der Waals surface area contributed by atoms with Crippen molar-refractivity contribution in [3.05, 3.63) is 41.1 Å². The fraction of sp³-hybridized carbons (Fsp3) is 0.417. The number of aromatic nitrogens is 2. The molecule has 92 valence electrons. The fourth-order valence-electron chi connectivity index (χ4n) is 2.17. The molecule has 2 aromatic heterocycles. The molecule has 2 rings (SSSR count). The Morgan fingerprint density at radius 1 is 1.53 bits per heavy atom. The Labute approximate surface area is 101 Å². The SMILES string of the molecule is Cc1nn(C)c(C)c1C(Cc1ccco1)NN. The van der Waals surface area contributed by atoms with Gasteiger partial charge in [-0.3, -0.25) is 16.0 Å². The third-order valence-corrected chi connectivity index (χ3v) is 3.10. The molecule has 0 aliphatic carbocycles. The Hall–Kier alpha value is -1.59. The molecule has 0 spiro atoms. The van der Waals surface area contributed by atoms with Gasteiger partial charge in [-0.05, 0) is 26.0 Å². The minimum Gasteiger partial charge on any atom is -0.469 e. The van der Waals surface area contributed by atoms with Crippen molar-refractivity contribution in [2.75, 3.05) is 0 Å². The van der Waals surface area contributed by atoms with Crippen molar-refractivity contribution >= 4 is 0 Å². The fourth-order valence-corrected chi connectivity index (χ4v) is 2.17. The van der Waals surface area contributed by atoms with E-state index in [-0.39, 0.29) is 6.04 Å².